The lowest BCUT2D eigenvalue weighted by Crippen LogP contribution is -2.35. The number of aliphatic hydroxyl groups is 1. The van der Waals surface area contributed by atoms with Gasteiger partial charge in [-0.15, -0.1) is 5.10 Å². The molecule has 194 valence electrons. The van der Waals surface area contributed by atoms with Gasteiger partial charge in [-0.25, -0.2) is 9.89 Å². The van der Waals surface area contributed by atoms with Gasteiger partial charge in [-0.1, -0.05) is 79.2 Å². The Morgan fingerprint density at radius 3 is 2.46 bits per heavy atom. The average molecular weight is 501 g/mol. The first kappa shape index (κ1) is 25.1. The van der Waals surface area contributed by atoms with Crippen LogP contribution in [0.1, 0.15) is 49.1 Å². The molecule has 3 aromatic rings. The van der Waals surface area contributed by atoms with E-state index in [4.69, 9.17) is 0 Å². The molecule has 37 heavy (non-hydrogen) atoms. The molecule has 0 spiro atoms. The van der Waals surface area contributed by atoms with Gasteiger partial charge in [-0.05, 0) is 52.7 Å². The molecule has 2 amide bonds. The molecule has 2 heterocycles. The Hall–Kier alpha value is -3.52. The van der Waals surface area contributed by atoms with Gasteiger partial charge in [0.1, 0.15) is 5.82 Å². The van der Waals surface area contributed by atoms with Crippen LogP contribution < -0.4 is 0 Å². The van der Waals surface area contributed by atoms with E-state index in [0.29, 0.717) is 31.5 Å². The maximum absolute atomic E-state index is 13.4. The van der Waals surface area contributed by atoms with E-state index in [0.717, 1.165) is 42.6 Å². The normalized spacial score (nSPS) is 19.6. The van der Waals surface area contributed by atoms with Crippen molar-refractivity contribution in [1.82, 2.24) is 30.4 Å². The van der Waals surface area contributed by atoms with Crippen molar-refractivity contribution in [2.24, 2.45) is 5.41 Å². The van der Waals surface area contributed by atoms with Crippen molar-refractivity contribution >= 4 is 6.03 Å². The second-order valence-corrected chi connectivity index (χ2v) is 10.5. The van der Waals surface area contributed by atoms with Gasteiger partial charge in [-0.2, -0.15) is 0 Å². The molecule has 2 atom stereocenters. The number of benzene rings is 2. The van der Waals surface area contributed by atoms with Crippen LogP contribution in [0.4, 0.5) is 4.79 Å². The lowest BCUT2D eigenvalue weighted by Gasteiger charge is -2.22. The predicted molar refractivity (Wildman–Crippen MR) is 141 cm³/mol. The smallest absolute Gasteiger partial charge is 0.320 e. The lowest BCUT2D eigenvalue weighted by atomic mass is 9.95. The summed E-state index contributed by atoms with van der Waals surface area (Å²) in [4.78, 5) is 17.3. The first-order valence-electron chi connectivity index (χ1n) is 13.3. The van der Waals surface area contributed by atoms with Crippen LogP contribution >= 0.6 is 0 Å². The Morgan fingerprint density at radius 1 is 1.05 bits per heavy atom. The topological polar surface area (TPSA) is 98.2 Å². The molecular weight excluding hydrogens is 464 g/mol. The molecule has 2 aliphatic rings. The molecule has 1 saturated carbocycles. The Bertz CT molecular complexity index is 1150. The summed E-state index contributed by atoms with van der Waals surface area (Å²) >= 11 is 0. The molecular formula is C29H36N6O2. The minimum Gasteiger partial charge on any atom is -0.389 e. The molecule has 0 bridgehead atoms. The number of hydrogen-bond donors (Lipinski definition) is 2. The number of hydrogen-bond acceptors (Lipinski definition) is 5. The number of carbonyl (C=O) groups is 1. The van der Waals surface area contributed by atoms with Crippen molar-refractivity contribution < 1.29 is 9.90 Å². The fourth-order valence-electron chi connectivity index (χ4n) is 5.35. The molecule has 1 aromatic heterocycles. The average Bonchev–Trinajstić information content (AvgIpc) is 3.34. The molecule has 1 aliphatic heterocycles. The molecule has 2 N–H and O–H groups in total. The summed E-state index contributed by atoms with van der Waals surface area (Å²) < 4.78 is 0. The van der Waals surface area contributed by atoms with Gasteiger partial charge in [-0.3, -0.25) is 0 Å². The van der Waals surface area contributed by atoms with E-state index in [1.807, 2.05) is 70.5 Å². The summed E-state index contributed by atoms with van der Waals surface area (Å²) in [6.45, 7) is 1.94. The summed E-state index contributed by atoms with van der Waals surface area (Å²) in [5, 5.41) is 24.9. The second-order valence-electron chi connectivity index (χ2n) is 10.5. The number of urea groups is 1. The molecule has 2 fully saturated rings. The molecule has 8 heteroatoms. The number of amides is 2. The highest BCUT2D eigenvalue weighted by molar-refractivity contribution is 5.77. The third-order valence-electron chi connectivity index (χ3n) is 7.63. The SMILES string of the molecule is O=C1N(Cc2ccccc2)C[C@H](/C=C/C(O)Cc2ccccc2)N1CCCCC1(Cc2nnn[nH]2)CC1. The zero-order chi connectivity index (χ0) is 25.5. The van der Waals surface area contributed by atoms with Crippen molar-refractivity contribution in [3.63, 3.8) is 0 Å². The van der Waals surface area contributed by atoms with E-state index < -0.39 is 6.10 Å². The van der Waals surface area contributed by atoms with E-state index in [2.05, 4.69) is 32.8 Å². The fourth-order valence-corrected chi connectivity index (χ4v) is 5.35. The third-order valence-corrected chi connectivity index (χ3v) is 7.63. The quantitative estimate of drug-likeness (QED) is 0.271. The van der Waals surface area contributed by atoms with Crippen molar-refractivity contribution in [2.75, 3.05) is 13.1 Å². The summed E-state index contributed by atoms with van der Waals surface area (Å²) in [7, 11) is 0. The van der Waals surface area contributed by atoms with Gasteiger partial charge in [0.15, 0.2) is 0 Å². The lowest BCUT2D eigenvalue weighted by molar-refractivity contribution is 0.186. The van der Waals surface area contributed by atoms with Crippen LogP contribution in [0.5, 0.6) is 0 Å². The van der Waals surface area contributed by atoms with Gasteiger partial charge in [0.2, 0.25) is 0 Å². The third kappa shape index (κ3) is 6.83. The van der Waals surface area contributed by atoms with Gasteiger partial charge in [0.25, 0.3) is 0 Å². The summed E-state index contributed by atoms with van der Waals surface area (Å²) in [5.74, 6) is 0.864. The number of aromatic amines is 1. The monoisotopic (exact) mass is 500 g/mol. The highest BCUT2D eigenvalue weighted by Crippen LogP contribution is 2.51. The molecule has 0 radical (unpaired) electrons. The molecule has 2 aromatic carbocycles. The Kier molecular flexibility index (Phi) is 7.94. The van der Waals surface area contributed by atoms with Crippen molar-refractivity contribution in [2.45, 2.75) is 63.6 Å². The largest absolute Gasteiger partial charge is 0.389 e. The van der Waals surface area contributed by atoms with Crippen LogP contribution in [0.3, 0.4) is 0 Å². The summed E-state index contributed by atoms with van der Waals surface area (Å²) in [6.07, 6.45) is 10.3. The van der Waals surface area contributed by atoms with E-state index in [1.54, 1.807) is 0 Å². The van der Waals surface area contributed by atoms with E-state index >= 15 is 0 Å². The van der Waals surface area contributed by atoms with Crippen LogP contribution in [-0.2, 0) is 19.4 Å². The van der Waals surface area contributed by atoms with Crippen LogP contribution in [0.25, 0.3) is 0 Å². The zero-order valence-corrected chi connectivity index (χ0v) is 21.2. The van der Waals surface area contributed by atoms with Gasteiger partial charge in [0.05, 0.1) is 12.1 Å². The summed E-state index contributed by atoms with van der Waals surface area (Å²) in [6, 6.07) is 20.1. The maximum Gasteiger partial charge on any atom is 0.320 e. The molecule has 1 saturated heterocycles. The van der Waals surface area contributed by atoms with Crippen LogP contribution in [0.15, 0.2) is 72.8 Å². The van der Waals surface area contributed by atoms with Crippen molar-refractivity contribution in [3.05, 3.63) is 89.8 Å². The Balaban J connectivity index is 1.18. The first-order valence-corrected chi connectivity index (χ1v) is 13.3. The highest BCUT2D eigenvalue weighted by Gasteiger charge is 2.43. The number of unbranched alkanes of at least 4 members (excludes halogenated alkanes) is 1. The molecule has 8 nitrogen and oxygen atoms in total. The van der Waals surface area contributed by atoms with E-state index in [9.17, 15) is 9.90 Å². The number of nitrogens with zero attached hydrogens (tertiary/aromatic N) is 5. The number of aliphatic hydroxyl groups excluding tert-OH is 1. The molecule has 5 rings (SSSR count). The molecule has 1 unspecified atom stereocenters. The number of carbonyl (C=O) groups excluding carboxylic acids is 1. The van der Waals surface area contributed by atoms with Crippen LogP contribution in [0.2, 0.25) is 0 Å². The standard InChI is InChI=1S/C29H36N6O2/c36-26(19-23-9-3-1-4-10-23)14-13-25-22-34(21-24-11-5-2-6-12-24)28(37)35(25)18-8-7-15-29(16-17-29)20-27-30-32-33-31-27/h1-6,9-14,25-26,36H,7-8,15-22H2,(H,30,31,32,33)/b14-13+/t25-,26?/m0/s1. The number of tetrazole rings is 1. The number of rotatable bonds is 13. The van der Waals surface area contributed by atoms with Gasteiger partial charge in [0, 0.05) is 32.5 Å². The van der Waals surface area contributed by atoms with E-state index in [1.165, 1.54) is 12.8 Å². The fraction of sp³-hybridized carbons (Fsp3) is 0.448. The number of aromatic nitrogens is 4. The van der Waals surface area contributed by atoms with Gasteiger partial charge < -0.3 is 14.9 Å². The van der Waals surface area contributed by atoms with Gasteiger partial charge >= 0.3 is 6.03 Å². The van der Waals surface area contributed by atoms with Crippen molar-refractivity contribution in [1.29, 1.82) is 0 Å². The Labute approximate surface area is 218 Å². The number of H-pyrrole nitrogens is 1. The zero-order valence-electron chi connectivity index (χ0n) is 21.2. The Morgan fingerprint density at radius 2 is 1.78 bits per heavy atom. The minimum absolute atomic E-state index is 0.0446. The highest BCUT2D eigenvalue weighted by atomic mass is 16.3. The maximum atomic E-state index is 13.4. The van der Waals surface area contributed by atoms with Crippen LogP contribution in [-0.4, -0.2) is 66.8 Å². The van der Waals surface area contributed by atoms with E-state index in [-0.39, 0.29) is 12.1 Å². The first-order chi connectivity index (χ1) is 18.1. The van der Waals surface area contributed by atoms with Crippen LogP contribution in [0, 0.1) is 5.41 Å². The summed E-state index contributed by atoms with van der Waals surface area (Å²) in [5.41, 5.74) is 2.54. The van der Waals surface area contributed by atoms with Crippen molar-refractivity contribution in [3.8, 4) is 0 Å². The predicted octanol–water partition coefficient (Wildman–Crippen LogP) is 4.16. The number of nitrogens with one attached hydrogen (secondary N) is 1. The molecule has 1 aliphatic carbocycles. The minimum atomic E-state index is -0.581. The second kappa shape index (κ2) is 11.7.